The molecule has 0 unspecified atom stereocenters. The Morgan fingerprint density at radius 1 is 1.47 bits per heavy atom. The van der Waals surface area contributed by atoms with E-state index < -0.39 is 17.9 Å². The molecule has 2 atom stereocenters. The van der Waals surface area contributed by atoms with Gasteiger partial charge in [-0.3, -0.25) is 4.79 Å². The second-order valence-electron chi connectivity index (χ2n) is 4.81. The van der Waals surface area contributed by atoms with E-state index in [4.69, 9.17) is 21.4 Å². The van der Waals surface area contributed by atoms with Crippen LogP contribution in [0.25, 0.3) is 0 Å². The molecule has 5 heteroatoms. The summed E-state index contributed by atoms with van der Waals surface area (Å²) in [5.74, 6) is -2.13. The third kappa shape index (κ3) is 3.00. The highest BCUT2D eigenvalue weighted by atomic mass is 35.5. The van der Waals surface area contributed by atoms with Crippen LogP contribution in [0.15, 0.2) is 11.1 Å². The number of halogens is 1. The molecule has 1 saturated carbocycles. The second-order valence-corrected chi connectivity index (χ2v) is 5.22. The average molecular weight is 261 g/mol. The van der Waals surface area contributed by atoms with Crippen LogP contribution in [0.5, 0.6) is 0 Å². The zero-order valence-electron chi connectivity index (χ0n) is 10.2. The van der Waals surface area contributed by atoms with Crippen LogP contribution in [0.1, 0.15) is 27.2 Å². The van der Waals surface area contributed by atoms with Crippen molar-refractivity contribution in [3.8, 4) is 0 Å². The normalized spacial score (nSPS) is 26.5. The minimum absolute atomic E-state index is 0.0275. The number of carbonyl (C=O) groups is 2. The summed E-state index contributed by atoms with van der Waals surface area (Å²) in [6.07, 6.45) is 2.22. The lowest BCUT2D eigenvalue weighted by Crippen LogP contribution is -2.06. The minimum atomic E-state index is -0.859. The fourth-order valence-electron chi connectivity index (χ4n) is 1.95. The van der Waals surface area contributed by atoms with Crippen LogP contribution in [0.4, 0.5) is 0 Å². The molecule has 0 spiro atoms. The van der Waals surface area contributed by atoms with E-state index in [9.17, 15) is 9.59 Å². The van der Waals surface area contributed by atoms with Crippen molar-refractivity contribution in [3.05, 3.63) is 11.1 Å². The predicted octanol–water partition coefficient (Wildman–Crippen LogP) is 2.42. The van der Waals surface area contributed by atoms with Gasteiger partial charge in [0.2, 0.25) is 0 Å². The summed E-state index contributed by atoms with van der Waals surface area (Å²) in [6, 6.07) is 0. The highest BCUT2D eigenvalue weighted by Gasteiger charge is 2.61. The molecular formula is C12H17ClO4. The zero-order valence-corrected chi connectivity index (χ0v) is 11.0. The molecule has 0 saturated heterocycles. The van der Waals surface area contributed by atoms with Crippen LogP contribution in [0.2, 0.25) is 0 Å². The number of carbonyl (C=O) groups excluding carboxylic acids is 1. The molecule has 1 rings (SSSR count). The number of esters is 1. The lowest BCUT2D eigenvalue weighted by Gasteiger charge is -2.01. The number of carboxylic acid groups (broad SMARTS) is 1. The van der Waals surface area contributed by atoms with Gasteiger partial charge in [-0.15, -0.1) is 0 Å². The van der Waals surface area contributed by atoms with Crippen LogP contribution >= 0.6 is 11.6 Å². The number of hydrogen-bond donors (Lipinski definition) is 1. The summed E-state index contributed by atoms with van der Waals surface area (Å²) >= 11 is 5.79. The summed E-state index contributed by atoms with van der Waals surface area (Å²) in [5.41, 5.74) is -0.350. The topological polar surface area (TPSA) is 63.6 Å². The largest absolute Gasteiger partial charge is 0.481 e. The van der Waals surface area contributed by atoms with Gasteiger partial charge in [0, 0.05) is 0 Å². The summed E-state index contributed by atoms with van der Waals surface area (Å²) in [6.45, 7) is 5.89. The van der Waals surface area contributed by atoms with Crippen molar-refractivity contribution in [1.82, 2.24) is 0 Å². The van der Waals surface area contributed by atoms with Gasteiger partial charge in [0.25, 0.3) is 0 Å². The summed E-state index contributed by atoms with van der Waals surface area (Å²) in [4.78, 5) is 22.3. The van der Waals surface area contributed by atoms with E-state index in [0.29, 0.717) is 6.61 Å². The number of carboxylic acids is 1. The molecule has 1 aliphatic rings. The SMILES string of the molecule is CCCOC(=O)/C(Cl)=C\[C@H]1[C@@H](C(=O)O)C1(C)C. The molecule has 1 N–H and O–H groups in total. The molecule has 96 valence electrons. The highest BCUT2D eigenvalue weighted by molar-refractivity contribution is 6.41. The summed E-state index contributed by atoms with van der Waals surface area (Å²) < 4.78 is 4.86. The van der Waals surface area contributed by atoms with Gasteiger partial charge in [-0.05, 0) is 17.8 Å². The molecule has 0 aromatic carbocycles. The third-order valence-electron chi connectivity index (χ3n) is 3.13. The van der Waals surface area contributed by atoms with Crippen molar-refractivity contribution >= 4 is 23.5 Å². The average Bonchev–Trinajstić information content (AvgIpc) is 2.76. The van der Waals surface area contributed by atoms with E-state index in [-0.39, 0.29) is 16.4 Å². The monoisotopic (exact) mass is 260 g/mol. The number of rotatable bonds is 5. The number of hydrogen-bond acceptors (Lipinski definition) is 3. The third-order valence-corrected chi connectivity index (χ3v) is 3.42. The molecule has 0 bridgehead atoms. The lowest BCUT2D eigenvalue weighted by molar-refractivity contribution is -0.140. The summed E-state index contributed by atoms with van der Waals surface area (Å²) in [5, 5.41) is 8.94. The Balaban J connectivity index is 2.65. The maximum Gasteiger partial charge on any atom is 0.349 e. The van der Waals surface area contributed by atoms with Gasteiger partial charge in [-0.1, -0.05) is 38.4 Å². The van der Waals surface area contributed by atoms with E-state index in [0.717, 1.165) is 6.42 Å². The fourth-order valence-corrected chi connectivity index (χ4v) is 2.14. The van der Waals surface area contributed by atoms with Crippen molar-refractivity contribution in [2.24, 2.45) is 17.3 Å². The molecule has 0 heterocycles. The molecule has 0 aromatic heterocycles. The van der Waals surface area contributed by atoms with E-state index in [1.807, 2.05) is 20.8 Å². The fraction of sp³-hybridized carbons (Fsp3) is 0.667. The Hall–Kier alpha value is -1.03. The molecule has 1 aliphatic carbocycles. The van der Waals surface area contributed by atoms with Gasteiger partial charge in [0.15, 0.2) is 0 Å². The van der Waals surface area contributed by atoms with Gasteiger partial charge in [0.05, 0.1) is 12.5 Å². The quantitative estimate of drug-likeness (QED) is 0.609. The zero-order chi connectivity index (χ0) is 13.2. The second kappa shape index (κ2) is 5.08. The predicted molar refractivity (Wildman–Crippen MR) is 63.6 cm³/mol. The Morgan fingerprint density at radius 3 is 2.47 bits per heavy atom. The first-order chi connectivity index (χ1) is 7.82. The Bertz CT molecular complexity index is 360. The molecule has 0 aromatic rings. The first-order valence-corrected chi connectivity index (χ1v) is 5.97. The first-order valence-electron chi connectivity index (χ1n) is 5.59. The van der Waals surface area contributed by atoms with E-state index in [2.05, 4.69) is 0 Å². The Kier molecular flexibility index (Phi) is 4.20. The van der Waals surface area contributed by atoms with Crippen molar-refractivity contribution in [1.29, 1.82) is 0 Å². The maximum absolute atomic E-state index is 11.4. The van der Waals surface area contributed by atoms with E-state index >= 15 is 0 Å². The smallest absolute Gasteiger partial charge is 0.349 e. The minimum Gasteiger partial charge on any atom is -0.481 e. The van der Waals surface area contributed by atoms with Crippen LogP contribution in [-0.2, 0) is 14.3 Å². The molecule has 0 aliphatic heterocycles. The number of aliphatic carboxylic acids is 1. The van der Waals surface area contributed by atoms with Crippen molar-refractivity contribution in [2.75, 3.05) is 6.61 Å². The van der Waals surface area contributed by atoms with Crippen LogP contribution < -0.4 is 0 Å². The standard InChI is InChI=1S/C12H17ClO4/c1-4-5-17-11(16)8(13)6-7-9(10(14)15)12(7,2)3/h6-7,9H,4-5H2,1-3H3,(H,14,15)/b8-6+/t7-,9-/m0/s1. The van der Waals surface area contributed by atoms with Gasteiger partial charge < -0.3 is 9.84 Å². The Labute approximate surface area is 106 Å². The molecular weight excluding hydrogens is 244 g/mol. The molecule has 0 radical (unpaired) electrons. The maximum atomic E-state index is 11.4. The van der Waals surface area contributed by atoms with Gasteiger partial charge in [0.1, 0.15) is 5.03 Å². The number of allylic oxidation sites excluding steroid dienone is 1. The van der Waals surface area contributed by atoms with Crippen molar-refractivity contribution in [3.63, 3.8) is 0 Å². The van der Waals surface area contributed by atoms with Crippen LogP contribution in [0.3, 0.4) is 0 Å². The van der Waals surface area contributed by atoms with E-state index in [1.165, 1.54) is 6.08 Å². The molecule has 4 nitrogen and oxygen atoms in total. The van der Waals surface area contributed by atoms with Gasteiger partial charge >= 0.3 is 11.9 Å². The molecule has 0 amide bonds. The summed E-state index contributed by atoms with van der Waals surface area (Å²) in [7, 11) is 0. The van der Waals surface area contributed by atoms with Gasteiger partial charge in [-0.2, -0.15) is 0 Å². The first kappa shape index (κ1) is 14.0. The molecule has 1 fully saturated rings. The lowest BCUT2D eigenvalue weighted by atomic mass is 10.1. The van der Waals surface area contributed by atoms with Crippen molar-refractivity contribution in [2.45, 2.75) is 27.2 Å². The molecule has 17 heavy (non-hydrogen) atoms. The highest BCUT2D eigenvalue weighted by Crippen LogP contribution is 2.59. The van der Waals surface area contributed by atoms with Crippen molar-refractivity contribution < 1.29 is 19.4 Å². The van der Waals surface area contributed by atoms with Crippen LogP contribution in [0, 0.1) is 17.3 Å². The number of ether oxygens (including phenoxy) is 1. The van der Waals surface area contributed by atoms with Crippen LogP contribution in [-0.4, -0.2) is 23.7 Å². The van der Waals surface area contributed by atoms with E-state index in [1.54, 1.807) is 0 Å². The Morgan fingerprint density at radius 2 is 2.06 bits per heavy atom. The van der Waals surface area contributed by atoms with Gasteiger partial charge in [-0.25, -0.2) is 4.79 Å².